The molecule has 0 aliphatic rings. The summed E-state index contributed by atoms with van der Waals surface area (Å²) in [6.07, 6.45) is 0. The first kappa shape index (κ1) is 15.2. The van der Waals surface area contributed by atoms with Gasteiger partial charge < -0.3 is 11.1 Å². The molecule has 0 fully saturated rings. The number of nitrogens with one attached hydrogen (secondary N) is 1. The lowest BCUT2D eigenvalue weighted by molar-refractivity contribution is 0.0954. The van der Waals surface area contributed by atoms with Crippen molar-refractivity contribution in [2.24, 2.45) is 5.73 Å². The molecule has 5 heteroatoms. The van der Waals surface area contributed by atoms with Gasteiger partial charge in [0.1, 0.15) is 5.82 Å². The fourth-order valence-corrected chi connectivity index (χ4v) is 2.72. The van der Waals surface area contributed by atoms with Gasteiger partial charge >= 0.3 is 0 Å². The molecule has 3 nitrogen and oxygen atoms in total. The molecule has 0 atom stereocenters. The zero-order valence-corrected chi connectivity index (χ0v) is 12.4. The Balaban J connectivity index is 2.06. The summed E-state index contributed by atoms with van der Waals surface area (Å²) in [6, 6.07) is 8.15. The predicted molar refractivity (Wildman–Crippen MR) is 82.6 cm³/mol. The molecule has 0 saturated carbocycles. The van der Waals surface area contributed by atoms with E-state index < -0.39 is 0 Å². The summed E-state index contributed by atoms with van der Waals surface area (Å²) in [5.41, 5.74) is 6.74. The van der Waals surface area contributed by atoms with Crippen LogP contribution in [0.25, 0.3) is 0 Å². The highest BCUT2D eigenvalue weighted by Crippen LogP contribution is 2.21. The minimum Gasteiger partial charge on any atom is -0.347 e. The van der Waals surface area contributed by atoms with E-state index in [0.29, 0.717) is 10.4 Å². The van der Waals surface area contributed by atoms with Crippen molar-refractivity contribution in [3.05, 3.63) is 57.0 Å². The van der Waals surface area contributed by atoms with Crippen LogP contribution in [0.2, 0.25) is 0 Å². The Morgan fingerprint density at radius 3 is 2.90 bits per heavy atom. The van der Waals surface area contributed by atoms with Crippen LogP contribution in [-0.2, 0) is 6.54 Å². The van der Waals surface area contributed by atoms with Crippen molar-refractivity contribution in [1.82, 2.24) is 5.32 Å². The second kappa shape index (κ2) is 7.02. The third kappa shape index (κ3) is 3.91. The van der Waals surface area contributed by atoms with Gasteiger partial charge in [-0.3, -0.25) is 4.79 Å². The number of benzene rings is 1. The molecule has 0 aliphatic carbocycles. The number of rotatable bonds is 3. The first-order chi connectivity index (χ1) is 10.1. The molecule has 0 spiro atoms. The van der Waals surface area contributed by atoms with Gasteiger partial charge in [0, 0.05) is 12.1 Å². The molecule has 1 heterocycles. The van der Waals surface area contributed by atoms with E-state index in [1.165, 1.54) is 17.4 Å². The average molecular weight is 302 g/mol. The van der Waals surface area contributed by atoms with E-state index in [4.69, 9.17) is 5.73 Å². The topological polar surface area (TPSA) is 55.1 Å². The number of nitrogens with two attached hydrogens (primary N) is 1. The summed E-state index contributed by atoms with van der Waals surface area (Å²) in [5, 5.41) is 2.71. The molecule has 0 bridgehead atoms. The van der Waals surface area contributed by atoms with Gasteiger partial charge in [-0.15, -0.1) is 11.3 Å². The van der Waals surface area contributed by atoms with Crippen LogP contribution in [0, 0.1) is 24.6 Å². The van der Waals surface area contributed by atoms with Crippen molar-refractivity contribution in [3.63, 3.8) is 0 Å². The molecule has 2 rings (SSSR count). The van der Waals surface area contributed by atoms with Crippen LogP contribution in [0.15, 0.2) is 30.3 Å². The predicted octanol–water partition coefficient (Wildman–Crippen LogP) is 2.44. The maximum absolute atomic E-state index is 13.5. The van der Waals surface area contributed by atoms with Crippen molar-refractivity contribution < 1.29 is 9.18 Å². The van der Waals surface area contributed by atoms with Crippen molar-refractivity contribution in [2.75, 3.05) is 6.54 Å². The molecule has 3 N–H and O–H groups in total. The Hall–Kier alpha value is -2.16. The summed E-state index contributed by atoms with van der Waals surface area (Å²) in [5.74, 6) is 5.15. The Morgan fingerprint density at radius 1 is 1.43 bits per heavy atom. The molecule has 21 heavy (non-hydrogen) atoms. The zero-order chi connectivity index (χ0) is 15.2. The van der Waals surface area contributed by atoms with E-state index in [1.54, 1.807) is 24.3 Å². The third-order valence-corrected chi connectivity index (χ3v) is 3.99. The third-order valence-electron chi connectivity index (χ3n) is 2.84. The van der Waals surface area contributed by atoms with Crippen LogP contribution in [-0.4, -0.2) is 12.5 Å². The summed E-state index contributed by atoms with van der Waals surface area (Å²) in [7, 11) is 0. The highest BCUT2D eigenvalue weighted by Gasteiger charge is 2.12. The highest BCUT2D eigenvalue weighted by molar-refractivity contribution is 7.14. The van der Waals surface area contributed by atoms with E-state index in [-0.39, 0.29) is 24.8 Å². The zero-order valence-electron chi connectivity index (χ0n) is 11.6. The summed E-state index contributed by atoms with van der Waals surface area (Å²) >= 11 is 1.31. The van der Waals surface area contributed by atoms with Gasteiger partial charge in [-0.1, -0.05) is 30.0 Å². The number of halogens is 1. The molecule has 0 aliphatic heterocycles. The van der Waals surface area contributed by atoms with Gasteiger partial charge in [0.05, 0.1) is 16.3 Å². The van der Waals surface area contributed by atoms with Gasteiger partial charge in [-0.05, 0) is 24.6 Å². The molecule has 1 aromatic heterocycles. The fraction of sp³-hybridized carbons (Fsp3) is 0.188. The fourth-order valence-electron chi connectivity index (χ4n) is 1.75. The van der Waals surface area contributed by atoms with Gasteiger partial charge in [0.25, 0.3) is 5.91 Å². The van der Waals surface area contributed by atoms with Gasteiger partial charge in [-0.2, -0.15) is 0 Å². The number of hydrogen-bond acceptors (Lipinski definition) is 3. The number of hydrogen-bond donors (Lipinski definition) is 2. The summed E-state index contributed by atoms with van der Waals surface area (Å²) < 4.78 is 13.5. The Labute approximate surface area is 127 Å². The summed E-state index contributed by atoms with van der Waals surface area (Å²) in [4.78, 5) is 13.5. The lowest BCUT2D eigenvalue weighted by Crippen LogP contribution is -2.22. The Morgan fingerprint density at radius 2 is 2.19 bits per heavy atom. The first-order valence-electron chi connectivity index (χ1n) is 6.42. The monoisotopic (exact) mass is 302 g/mol. The smallest absolute Gasteiger partial charge is 0.261 e. The number of aryl methyl sites for hydroxylation is 1. The second-order valence-corrected chi connectivity index (χ2v) is 5.45. The second-order valence-electron chi connectivity index (χ2n) is 4.40. The van der Waals surface area contributed by atoms with E-state index in [9.17, 15) is 9.18 Å². The normalized spacial score (nSPS) is 9.86. The molecular formula is C16H15FN2OS. The van der Waals surface area contributed by atoms with Crippen LogP contribution >= 0.6 is 11.3 Å². The largest absolute Gasteiger partial charge is 0.347 e. The van der Waals surface area contributed by atoms with Gasteiger partial charge in [-0.25, -0.2) is 4.39 Å². The highest BCUT2D eigenvalue weighted by atomic mass is 32.1. The molecule has 0 unspecified atom stereocenters. The Bertz CT molecular complexity index is 713. The minimum atomic E-state index is -0.324. The van der Waals surface area contributed by atoms with Gasteiger partial charge in [0.2, 0.25) is 0 Å². The van der Waals surface area contributed by atoms with Crippen LogP contribution in [0.5, 0.6) is 0 Å². The van der Waals surface area contributed by atoms with E-state index >= 15 is 0 Å². The number of carbonyl (C=O) groups excluding carboxylic acids is 1. The maximum atomic E-state index is 13.5. The lowest BCUT2D eigenvalue weighted by Gasteiger charge is -2.04. The van der Waals surface area contributed by atoms with E-state index in [2.05, 4.69) is 17.2 Å². The number of thiophene rings is 1. The van der Waals surface area contributed by atoms with Crippen molar-refractivity contribution in [1.29, 1.82) is 0 Å². The molecule has 1 aromatic carbocycles. The molecule has 108 valence electrons. The lowest BCUT2D eigenvalue weighted by atomic mass is 10.2. The maximum Gasteiger partial charge on any atom is 0.261 e. The first-order valence-corrected chi connectivity index (χ1v) is 7.24. The number of amides is 1. The van der Waals surface area contributed by atoms with Crippen LogP contribution < -0.4 is 11.1 Å². The average Bonchev–Trinajstić information content (AvgIpc) is 2.85. The van der Waals surface area contributed by atoms with Crippen molar-refractivity contribution in [2.45, 2.75) is 13.5 Å². The number of carbonyl (C=O) groups is 1. The molecular weight excluding hydrogens is 287 g/mol. The van der Waals surface area contributed by atoms with Crippen molar-refractivity contribution in [3.8, 4) is 11.8 Å². The minimum absolute atomic E-state index is 0.159. The van der Waals surface area contributed by atoms with Crippen LogP contribution in [0.3, 0.4) is 0 Å². The molecule has 1 amide bonds. The van der Waals surface area contributed by atoms with Crippen molar-refractivity contribution >= 4 is 17.2 Å². The Kier molecular flexibility index (Phi) is 5.09. The van der Waals surface area contributed by atoms with Crippen LogP contribution in [0.1, 0.15) is 25.7 Å². The standard InChI is InChI=1S/C16H15FN2OS/c1-11-9-15(21-14(11)7-4-8-18)16(20)19-10-12-5-2-3-6-13(12)17/h2-3,5-6,9H,8,10,18H2,1H3,(H,19,20). The molecule has 0 saturated heterocycles. The molecule has 0 radical (unpaired) electrons. The van der Waals surface area contributed by atoms with E-state index in [0.717, 1.165) is 10.4 Å². The quantitative estimate of drug-likeness (QED) is 0.856. The SMILES string of the molecule is Cc1cc(C(=O)NCc2ccccc2F)sc1C#CCN. The summed E-state index contributed by atoms with van der Waals surface area (Å²) in [6.45, 7) is 2.34. The molecule has 2 aromatic rings. The van der Waals surface area contributed by atoms with Crippen LogP contribution in [0.4, 0.5) is 4.39 Å². The van der Waals surface area contributed by atoms with Gasteiger partial charge in [0.15, 0.2) is 0 Å². The van der Waals surface area contributed by atoms with E-state index in [1.807, 2.05) is 6.92 Å².